The van der Waals surface area contributed by atoms with Crippen LogP contribution in [0.3, 0.4) is 0 Å². The summed E-state index contributed by atoms with van der Waals surface area (Å²) in [4.78, 5) is 13.5. The zero-order valence-corrected chi connectivity index (χ0v) is 11.8. The third-order valence-electron chi connectivity index (χ3n) is 2.49. The van der Waals surface area contributed by atoms with E-state index in [1.807, 2.05) is 30.3 Å². The highest BCUT2D eigenvalue weighted by molar-refractivity contribution is 9.10. The van der Waals surface area contributed by atoms with Crippen LogP contribution in [0.2, 0.25) is 0 Å². The summed E-state index contributed by atoms with van der Waals surface area (Å²) in [6.07, 6.45) is 0. The molecule has 1 aromatic rings. The largest absolute Gasteiger partial charge is 0.340 e. The molecule has 1 rings (SSSR count). The Kier molecular flexibility index (Phi) is 4.30. The summed E-state index contributed by atoms with van der Waals surface area (Å²) in [5, 5.41) is 8.91. The zero-order chi connectivity index (χ0) is 13.1. The number of hydrogen-bond donors (Lipinski definition) is 0. The van der Waals surface area contributed by atoms with Gasteiger partial charge in [-0.15, -0.1) is 0 Å². The van der Waals surface area contributed by atoms with E-state index in [4.69, 9.17) is 5.26 Å². The molecule has 0 aliphatic carbocycles. The van der Waals surface area contributed by atoms with Crippen LogP contribution < -0.4 is 0 Å². The molecule has 0 atom stereocenters. The molecule has 0 aromatic heterocycles. The highest BCUT2D eigenvalue weighted by Crippen LogP contribution is 2.18. The molecule has 0 aliphatic heterocycles. The van der Waals surface area contributed by atoms with E-state index in [-0.39, 0.29) is 5.91 Å². The first-order chi connectivity index (χ1) is 7.86. The minimum Gasteiger partial charge on any atom is -0.340 e. The van der Waals surface area contributed by atoms with Crippen molar-refractivity contribution in [2.75, 3.05) is 7.05 Å². The molecule has 0 N–H and O–H groups in total. The Morgan fingerprint density at radius 1 is 1.41 bits per heavy atom. The van der Waals surface area contributed by atoms with E-state index in [9.17, 15) is 4.79 Å². The molecule has 1 aromatic carbocycles. The quantitative estimate of drug-likeness (QED) is 0.860. The normalized spacial score (nSPS) is 10.8. The Labute approximate surface area is 110 Å². The van der Waals surface area contributed by atoms with Gasteiger partial charge in [0, 0.05) is 18.1 Å². The van der Waals surface area contributed by atoms with Crippen LogP contribution in [0.25, 0.3) is 0 Å². The molecular weight excluding hydrogens is 280 g/mol. The van der Waals surface area contributed by atoms with Crippen LogP contribution in [0.4, 0.5) is 0 Å². The molecule has 0 bridgehead atoms. The topological polar surface area (TPSA) is 44.1 Å². The molecule has 0 heterocycles. The van der Waals surface area contributed by atoms with Crippen molar-refractivity contribution >= 4 is 21.8 Å². The van der Waals surface area contributed by atoms with E-state index in [0.29, 0.717) is 6.54 Å². The van der Waals surface area contributed by atoms with Crippen LogP contribution in [-0.4, -0.2) is 17.9 Å². The van der Waals surface area contributed by atoms with Gasteiger partial charge in [0.25, 0.3) is 0 Å². The number of benzene rings is 1. The average molecular weight is 295 g/mol. The Hall–Kier alpha value is -1.34. The first-order valence-electron chi connectivity index (χ1n) is 5.28. The van der Waals surface area contributed by atoms with E-state index >= 15 is 0 Å². The molecule has 90 valence electrons. The van der Waals surface area contributed by atoms with Gasteiger partial charge in [-0.1, -0.05) is 28.1 Å². The lowest BCUT2D eigenvalue weighted by Gasteiger charge is -2.24. The van der Waals surface area contributed by atoms with Gasteiger partial charge in [-0.05, 0) is 31.5 Å². The van der Waals surface area contributed by atoms with Crippen molar-refractivity contribution in [1.29, 1.82) is 5.26 Å². The van der Waals surface area contributed by atoms with Crippen LogP contribution in [0, 0.1) is 16.7 Å². The fourth-order valence-corrected chi connectivity index (χ4v) is 1.72. The molecule has 0 fully saturated rings. The van der Waals surface area contributed by atoms with Gasteiger partial charge in [0.05, 0.1) is 6.07 Å². The highest BCUT2D eigenvalue weighted by atomic mass is 79.9. The number of carbonyl (C=O) groups excluding carboxylic acids is 1. The Bertz CT molecular complexity index is 445. The first kappa shape index (κ1) is 13.7. The summed E-state index contributed by atoms with van der Waals surface area (Å²) in [6, 6.07) is 9.79. The van der Waals surface area contributed by atoms with Gasteiger partial charge in [-0.2, -0.15) is 5.26 Å². The van der Waals surface area contributed by atoms with Crippen molar-refractivity contribution in [3.05, 3.63) is 34.3 Å². The third-order valence-corrected chi connectivity index (χ3v) is 3.02. The Morgan fingerprint density at radius 2 is 1.94 bits per heavy atom. The van der Waals surface area contributed by atoms with Gasteiger partial charge in [-0.3, -0.25) is 4.79 Å². The van der Waals surface area contributed by atoms with Gasteiger partial charge in [0.2, 0.25) is 5.91 Å². The summed E-state index contributed by atoms with van der Waals surface area (Å²) >= 11 is 3.36. The van der Waals surface area contributed by atoms with Gasteiger partial charge in [-0.25, -0.2) is 0 Å². The maximum absolute atomic E-state index is 12.0. The zero-order valence-electron chi connectivity index (χ0n) is 10.2. The van der Waals surface area contributed by atoms with E-state index in [2.05, 4.69) is 15.9 Å². The molecule has 3 nitrogen and oxygen atoms in total. The number of hydrogen-bond acceptors (Lipinski definition) is 2. The van der Waals surface area contributed by atoms with Crippen LogP contribution in [0.15, 0.2) is 28.7 Å². The van der Waals surface area contributed by atoms with Crippen molar-refractivity contribution in [2.24, 2.45) is 5.41 Å². The van der Waals surface area contributed by atoms with Crippen LogP contribution >= 0.6 is 15.9 Å². The maximum atomic E-state index is 12.0. The number of rotatable bonds is 3. The second-order valence-corrected chi connectivity index (χ2v) is 5.44. The number of nitrogens with zero attached hydrogens (tertiary/aromatic N) is 2. The van der Waals surface area contributed by atoms with Crippen molar-refractivity contribution in [2.45, 2.75) is 20.4 Å². The van der Waals surface area contributed by atoms with E-state index < -0.39 is 5.41 Å². The third kappa shape index (κ3) is 3.57. The van der Waals surface area contributed by atoms with Crippen molar-refractivity contribution in [1.82, 2.24) is 4.90 Å². The van der Waals surface area contributed by atoms with Crippen LogP contribution in [-0.2, 0) is 11.3 Å². The molecule has 4 heteroatoms. The average Bonchev–Trinajstić information content (AvgIpc) is 2.31. The standard InChI is InChI=1S/C13H15BrN2O/c1-13(2,9-15)12(17)16(3)8-10-4-6-11(14)7-5-10/h4-7H,8H2,1-3H3. The lowest BCUT2D eigenvalue weighted by atomic mass is 9.94. The summed E-state index contributed by atoms with van der Waals surface area (Å²) in [5.41, 5.74) is 0.0715. The second-order valence-electron chi connectivity index (χ2n) is 4.52. The lowest BCUT2D eigenvalue weighted by Crippen LogP contribution is -2.37. The fraction of sp³-hybridized carbons (Fsp3) is 0.385. The minimum atomic E-state index is -0.968. The summed E-state index contributed by atoms with van der Waals surface area (Å²) in [7, 11) is 1.71. The maximum Gasteiger partial charge on any atom is 0.242 e. The predicted molar refractivity (Wildman–Crippen MR) is 70.0 cm³/mol. The predicted octanol–water partition coefficient (Wildman–Crippen LogP) is 2.96. The van der Waals surface area contributed by atoms with E-state index in [0.717, 1.165) is 10.0 Å². The van der Waals surface area contributed by atoms with Crippen LogP contribution in [0.1, 0.15) is 19.4 Å². The first-order valence-corrected chi connectivity index (χ1v) is 6.07. The SMILES string of the molecule is CN(Cc1ccc(Br)cc1)C(=O)C(C)(C)C#N. The smallest absolute Gasteiger partial charge is 0.242 e. The molecule has 0 aliphatic rings. The van der Waals surface area contributed by atoms with Crippen molar-refractivity contribution in [3.8, 4) is 6.07 Å². The number of carbonyl (C=O) groups is 1. The van der Waals surface area contributed by atoms with E-state index in [1.54, 1.807) is 25.8 Å². The molecule has 0 spiro atoms. The molecule has 0 unspecified atom stereocenters. The molecule has 17 heavy (non-hydrogen) atoms. The summed E-state index contributed by atoms with van der Waals surface area (Å²) in [6.45, 7) is 3.78. The lowest BCUT2D eigenvalue weighted by molar-refractivity contribution is -0.136. The molecule has 0 saturated heterocycles. The minimum absolute atomic E-state index is 0.164. The van der Waals surface area contributed by atoms with Gasteiger partial charge in [0.1, 0.15) is 5.41 Å². The van der Waals surface area contributed by atoms with E-state index in [1.165, 1.54) is 0 Å². The molecular formula is C13H15BrN2O. The Morgan fingerprint density at radius 3 is 2.41 bits per heavy atom. The van der Waals surface area contributed by atoms with Crippen molar-refractivity contribution in [3.63, 3.8) is 0 Å². The van der Waals surface area contributed by atoms with Gasteiger partial charge < -0.3 is 4.90 Å². The summed E-state index contributed by atoms with van der Waals surface area (Å²) in [5.74, 6) is -0.164. The summed E-state index contributed by atoms with van der Waals surface area (Å²) < 4.78 is 1.01. The number of halogens is 1. The highest BCUT2D eigenvalue weighted by Gasteiger charge is 2.30. The van der Waals surface area contributed by atoms with Gasteiger partial charge in [0.15, 0.2) is 0 Å². The number of amides is 1. The Balaban J connectivity index is 2.74. The molecule has 1 amide bonds. The van der Waals surface area contributed by atoms with Crippen LogP contribution in [0.5, 0.6) is 0 Å². The van der Waals surface area contributed by atoms with Crippen molar-refractivity contribution < 1.29 is 4.79 Å². The second kappa shape index (κ2) is 5.33. The monoisotopic (exact) mass is 294 g/mol. The molecule has 0 radical (unpaired) electrons. The molecule has 0 saturated carbocycles. The fourth-order valence-electron chi connectivity index (χ4n) is 1.46. The number of nitriles is 1. The van der Waals surface area contributed by atoms with Gasteiger partial charge >= 0.3 is 0 Å².